The molecule has 13 heavy (non-hydrogen) atoms. The van der Waals surface area contributed by atoms with Crippen LogP contribution in [0.2, 0.25) is 0 Å². The normalized spacial score (nSPS) is 9.08. The topological polar surface area (TPSA) is 86.6 Å². The molecule has 0 aliphatic heterocycles. The van der Waals surface area contributed by atoms with Crippen molar-refractivity contribution in [3.63, 3.8) is 0 Å². The van der Waals surface area contributed by atoms with E-state index >= 15 is 0 Å². The van der Waals surface area contributed by atoms with Crippen LogP contribution in [0.25, 0.3) is 0 Å². The summed E-state index contributed by atoms with van der Waals surface area (Å²) in [6, 6.07) is 0. The number of nitrogens with one attached hydrogen (secondary N) is 1. The first-order valence-electron chi connectivity index (χ1n) is 3.89. The van der Waals surface area contributed by atoms with Crippen LogP contribution in [0.4, 0.5) is 0 Å². The van der Waals surface area contributed by atoms with Crippen molar-refractivity contribution < 1.29 is 19.8 Å². The summed E-state index contributed by atoms with van der Waals surface area (Å²) in [5.41, 5.74) is 0. The Morgan fingerprint density at radius 1 is 1.08 bits per heavy atom. The zero-order valence-corrected chi connectivity index (χ0v) is 7.78. The van der Waals surface area contributed by atoms with Crippen molar-refractivity contribution in [2.75, 3.05) is 13.1 Å². The van der Waals surface area contributed by atoms with Crippen molar-refractivity contribution in [2.45, 2.75) is 13.8 Å². The van der Waals surface area contributed by atoms with Gasteiger partial charge < -0.3 is 15.5 Å². The molecule has 0 amide bonds. The molecule has 0 radical (unpaired) electrons. The molecule has 0 atom stereocenters. The van der Waals surface area contributed by atoms with E-state index in [2.05, 4.69) is 19.2 Å². The Hall–Kier alpha value is -1.36. The largest absolute Gasteiger partial charge is 0.478 e. The van der Waals surface area contributed by atoms with E-state index in [0.717, 1.165) is 13.1 Å². The van der Waals surface area contributed by atoms with Crippen LogP contribution in [0.3, 0.4) is 0 Å². The SMILES string of the molecule is CCNCC.O=C(O)C=CC(=O)O. The van der Waals surface area contributed by atoms with E-state index in [1.807, 2.05) is 0 Å². The summed E-state index contributed by atoms with van der Waals surface area (Å²) in [6.45, 7) is 6.39. The first-order chi connectivity index (χ1) is 6.04. The average Bonchev–Trinajstić information content (AvgIpc) is 2.03. The molecular weight excluding hydrogens is 174 g/mol. The highest BCUT2D eigenvalue weighted by atomic mass is 16.4. The lowest BCUT2D eigenvalue weighted by molar-refractivity contribution is -0.134. The molecule has 0 unspecified atom stereocenters. The molecule has 0 saturated carbocycles. The first kappa shape index (κ1) is 14.2. The van der Waals surface area contributed by atoms with Gasteiger partial charge in [-0.3, -0.25) is 0 Å². The van der Waals surface area contributed by atoms with Crippen LogP contribution in [-0.4, -0.2) is 35.2 Å². The van der Waals surface area contributed by atoms with Gasteiger partial charge in [-0.05, 0) is 13.1 Å². The van der Waals surface area contributed by atoms with Crippen LogP contribution in [0.15, 0.2) is 12.2 Å². The third-order valence-corrected chi connectivity index (χ3v) is 0.868. The molecule has 76 valence electrons. The monoisotopic (exact) mass is 189 g/mol. The van der Waals surface area contributed by atoms with E-state index in [1.54, 1.807) is 0 Å². The fourth-order valence-corrected chi connectivity index (χ4v) is 0.393. The zero-order chi connectivity index (χ0) is 10.7. The van der Waals surface area contributed by atoms with Gasteiger partial charge in [-0.1, -0.05) is 13.8 Å². The molecule has 0 aromatic rings. The highest BCUT2D eigenvalue weighted by Gasteiger charge is 1.88. The minimum atomic E-state index is -1.26. The second kappa shape index (κ2) is 10.6. The maximum absolute atomic E-state index is 9.55. The molecule has 0 aromatic carbocycles. The maximum atomic E-state index is 9.55. The Labute approximate surface area is 77.1 Å². The van der Waals surface area contributed by atoms with Crippen molar-refractivity contribution in [1.82, 2.24) is 5.32 Å². The quantitative estimate of drug-likeness (QED) is 0.555. The summed E-state index contributed by atoms with van der Waals surface area (Å²) >= 11 is 0. The Kier molecular flexibility index (Phi) is 11.6. The van der Waals surface area contributed by atoms with Gasteiger partial charge in [0.05, 0.1) is 0 Å². The molecule has 5 heteroatoms. The lowest BCUT2D eigenvalue weighted by Gasteiger charge is -1.86. The van der Waals surface area contributed by atoms with Crippen molar-refractivity contribution in [2.24, 2.45) is 0 Å². The van der Waals surface area contributed by atoms with Gasteiger partial charge in [-0.2, -0.15) is 0 Å². The minimum Gasteiger partial charge on any atom is -0.478 e. The summed E-state index contributed by atoms with van der Waals surface area (Å²) in [6.07, 6.45) is 1.12. The molecule has 5 nitrogen and oxygen atoms in total. The van der Waals surface area contributed by atoms with Crippen LogP contribution in [0, 0.1) is 0 Å². The number of carboxylic acid groups (broad SMARTS) is 2. The van der Waals surface area contributed by atoms with Gasteiger partial charge in [0.15, 0.2) is 0 Å². The molecular formula is C8H15NO4. The summed E-state index contributed by atoms with van der Waals surface area (Å²) in [4.78, 5) is 19.1. The van der Waals surface area contributed by atoms with Gasteiger partial charge in [-0.25, -0.2) is 9.59 Å². The number of aliphatic carboxylic acids is 2. The molecule has 0 rings (SSSR count). The molecule has 0 heterocycles. The van der Waals surface area contributed by atoms with E-state index < -0.39 is 11.9 Å². The number of rotatable bonds is 4. The number of carboxylic acids is 2. The Balaban J connectivity index is 0. The summed E-state index contributed by atoms with van der Waals surface area (Å²) < 4.78 is 0. The summed E-state index contributed by atoms with van der Waals surface area (Å²) in [5, 5.41) is 18.7. The van der Waals surface area contributed by atoms with Crippen LogP contribution < -0.4 is 5.32 Å². The van der Waals surface area contributed by atoms with Gasteiger partial charge in [0.25, 0.3) is 0 Å². The van der Waals surface area contributed by atoms with E-state index in [4.69, 9.17) is 10.2 Å². The fourth-order valence-electron chi connectivity index (χ4n) is 0.393. The molecule has 0 saturated heterocycles. The van der Waals surface area contributed by atoms with E-state index in [1.165, 1.54) is 0 Å². The first-order valence-corrected chi connectivity index (χ1v) is 3.89. The average molecular weight is 189 g/mol. The van der Waals surface area contributed by atoms with E-state index in [-0.39, 0.29) is 0 Å². The van der Waals surface area contributed by atoms with Gasteiger partial charge >= 0.3 is 11.9 Å². The number of carbonyl (C=O) groups is 2. The molecule has 0 spiro atoms. The predicted octanol–water partition coefficient (Wildman–Crippen LogP) is 0.328. The van der Waals surface area contributed by atoms with Gasteiger partial charge in [0.1, 0.15) is 0 Å². The Morgan fingerprint density at radius 2 is 1.38 bits per heavy atom. The third kappa shape index (κ3) is 25.0. The van der Waals surface area contributed by atoms with Crippen LogP contribution in [-0.2, 0) is 9.59 Å². The molecule has 0 aromatic heterocycles. The predicted molar refractivity (Wildman–Crippen MR) is 48.6 cm³/mol. The summed E-state index contributed by atoms with van der Waals surface area (Å²) in [5.74, 6) is -2.51. The molecule has 0 aliphatic carbocycles. The second-order valence-electron chi connectivity index (χ2n) is 1.97. The number of hydrogen-bond acceptors (Lipinski definition) is 3. The highest BCUT2D eigenvalue weighted by molar-refractivity contribution is 5.89. The third-order valence-electron chi connectivity index (χ3n) is 0.868. The van der Waals surface area contributed by atoms with Crippen molar-refractivity contribution >= 4 is 11.9 Å². The lowest BCUT2D eigenvalue weighted by Crippen LogP contribution is -2.09. The van der Waals surface area contributed by atoms with Crippen LogP contribution >= 0.6 is 0 Å². The van der Waals surface area contributed by atoms with Crippen molar-refractivity contribution in [3.8, 4) is 0 Å². The molecule has 0 bridgehead atoms. The van der Waals surface area contributed by atoms with Crippen molar-refractivity contribution in [3.05, 3.63) is 12.2 Å². The summed E-state index contributed by atoms with van der Waals surface area (Å²) in [7, 11) is 0. The highest BCUT2D eigenvalue weighted by Crippen LogP contribution is 1.70. The van der Waals surface area contributed by atoms with Gasteiger partial charge in [0.2, 0.25) is 0 Å². The molecule has 0 fully saturated rings. The van der Waals surface area contributed by atoms with E-state index in [0.29, 0.717) is 12.2 Å². The van der Waals surface area contributed by atoms with Gasteiger partial charge in [0, 0.05) is 12.2 Å². The second-order valence-corrected chi connectivity index (χ2v) is 1.97. The zero-order valence-electron chi connectivity index (χ0n) is 7.78. The Bertz CT molecular complexity index is 159. The standard InChI is InChI=1S/C4H11N.C4H4O4/c1-3-5-4-2;5-3(6)1-2-4(7)8/h5H,3-4H2,1-2H3;1-2H,(H,5,6)(H,7,8). The smallest absolute Gasteiger partial charge is 0.328 e. The minimum absolute atomic E-state index is 0.558. The number of hydrogen-bond donors (Lipinski definition) is 3. The Morgan fingerprint density at radius 3 is 1.46 bits per heavy atom. The van der Waals surface area contributed by atoms with Crippen LogP contribution in [0.1, 0.15) is 13.8 Å². The lowest BCUT2D eigenvalue weighted by atomic mass is 10.5. The van der Waals surface area contributed by atoms with E-state index in [9.17, 15) is 9.59 Å². The maximum Gasteiger partial charge on any atom is 0.328 e. The van der Waals surface area contributed by atoms with Gasteiger partial charge in [-0.15, -0.1) is 0 Å². The van der Waals surface area contributed by atoms with Crippen LogP contribution in [0.5, 0.6) is 0 Å². The molecule has 3 N–H and O–H groups in total. The molecule has 0 aliphatic rings. The fraction of sp³-hybridized carbons (Fsp3) is 0.500. The van der Waals surface area contributed by atoms with Crippen molar-refractivity contribution in [1.29, 1.82) is 0 Å².